The van der Waals surface area contributed by atoms with E-state index in [1.165, 1.54) is 5.56 Å². The largest absolute Gasteiger partial charge is 0.278 e. The predicted molar refractivity (Wildman–Crippen MR) is 60.2 cm³/mol. The summed E-state index contributed by atoms with van der Waals surface area (Å²) in [6, 6.07) is 10.3. The molecule has 2 heteroatoms. The molecular weight excluding hydrogens is 178 g/mol. The molecule has 0 N–H and O–H groups in total. The van der Waals surface area contributed by atoms with Crippen molar-refractivity contribution in [1.29, 1.82) is 0 Å². The summed E-state index contributed by atoms with van der Waals surface area (Å²) >= 11 is 1.82. The molecule has 0 bridgehead atoms. The van der Waals surface area contributed by atoms with Crippen molar-refractivity contribution in [2.24, 2.45) is 4.99 Å². The fourth-order valence-electron chi connectivity index (χ4n) is 1.18. The number of benzene rings is 1. The number of hydrogen-bond donors (Lipinski definition) is 0. The van der Waals surface area contributed by atoms with E-state index in [-0.39, 0.29) is 0 Å². The van der Waals surface area contributed by atoms with Crippen LogP contribution in [0.1, 0.15) is 5.56 Å². The zero-order valence-electron chi connectivity index (χ0n) is 7.31. The van der Waals surface area contributed by atoms with Crippen molar-refractivity contribution in [2.75, 3.05) is 12.3 Å². The zero-order valence-corrected chi connectivity index (χ0v) is 8.13. The lowest BCUT2D eigenvalue weighted by atomic mass is 10.2. The van der Waals surface area contributed by atoms with Crippen molar-refractivity contribution in [1.82, 2.24) is 0 Å². The molecule has 1 nitrogen and oxygen atoms in total. The van der Waals surface area contributed by atoms with E-state index in [1.54, 1.807) is 0 Å². The van der Waals surface area contributed by atoms with E-state index >= 15 is 0 Å². The molecule has 1 aliphatic rings. The van der Waals surface area contributed by atoms with E-state index in [4.69, 9.17) is 0 Å². The monoisotopic (exact) mass is 189 g/mol. The van der Waals surface area contributed by atoms with E-state index in [9.17, 15) is 0 Å². The fraction of sp³-hybridized carbons (Fsp3) is 0.182. The minimum absolute atomic E-state index is 0.971. The van der Waals surface area contributed by atoms with E-state index < -0.39 is 0 Å². The molecule has 0 aliphatic carbocycles. The van der Waals surface area contributed by atoms with Gasteiger partial charge in [0.05, 0.1) is 5.04 Å². The van der Waals surface area contributed by atoms with Gasteiger partial charge in [-0.05, 0) is 11.6 Å². The maximum Gasteiger partial charge on any atom is 0.0905 e. The summed E-state index contributed by atoms with van der Waals surface area (Å²) in [6.07, 6.45) is 4.20. The Bertz CT molecular complexity index is 327. The summed E-state index contributed by atoms with van der Waals surface area (Å²) in [4.78, 5) is 4.34. The van der Waals surface area contributed by atoms with Crippen LogP contribution in [0.2, 0.25) is 0 Å². The lowest BCUT2D eigenvalue weighted by Crippen LogP contribution is -1.78. The number of hydrogen-bond acceptors (Lipinski definition) is 2. The van der Waals surface area contributed by atoms with Gasteiger partial charge in [0.2, 0.25) is 0 Å². The van der Waals surface area contributed by atoms with E-state index in [1.807, 2.05) is 30.0 Å². The molecule has 0 fully saturated rings. The summed E-state index contributed by atoms with van der Waals surface area (Å²) in [5.74, 6) is 1.13. The van der Waals surface area contributed by atoms with Crippen molar-refractivity contribution in [3.8, 4) is 0 Å². The molecule has 0 radical (unpaired) electrons. The van der Waals surface area contributed by atoms with Crippen LogP contribution >= 0.6 is 11.8 Å². The van der Waals surface area contributed by atoms with Crippen LogP contribution in [0, 0.1) is 0 Å². The van der Waals surface area contributed by atoms with Gasteiger partial charge >= 0.3 is 0 Å². The summed E-state index contributed by atoms with van der Waals surface area (Å²) < 4.78 is 0. The molecule has 0 aromatic heterocycles. The van der Waals surface area contributed by atoms with Crippen LogP contribution in [0.3, 0.4) is 0 Å². The molecule has 1 aromatic rings. The Morgan fingerprint density at radius 3 is 2.69 bits per heavy atom. The minimum Gasteiger partial charge on any atom is -0.278 e. The maximum absolute atomic E-state index is 4.34. The van der Waals surface area contributed by atoms with Crippen molar-refractivity contribution in [2.45, 2.75) is 0 Å². The van der Waals surface area contributed by atoms with Crippen molar-refractivity contribution in [3.63, 3.8) is 0 Å². The first-order valence-corrected chi connectivity index (χ1v) is 5.34. The molecule has 0 atom stereocenters. The average Bonchev–Trinajstić information content (AvgIpc) is 2.69. The second-order valence-electron chi connectivity index (χ2n) is 2.81. The third-order valence-corrected chi connectivity index (χ3v) is 2.77. The zero-order chi connectivity index (χ0) is 8.93. The van der Waals surface area contributed by atoms with Gasteiger partial charge in [0, 0.05) is 12.3 Å². The van der Waals surface area contributed by atoms with Gasteiger partial charge in [-0.3, -0.25) is 4.99 Å². The Morgan fingerprint density at radius 1 is 1.15 bits per heavy atom. The van der Waals surface area contributed by atoms with Crippen LogP contribution in [0.4, 0.5) is 0 Å². The summed E-state index contributed by atoms with van der Waals surface area (Å²) in [7, 11) is 0. The molecule has 0 unspecified atom stereocenters. The molecule has 0 saturated heterocycles. The van der Waals surface area contributed by atoms with Gasteiger partial charge in [-0.2, -0.15) is 0 Å². The maximum atomic E-state index is 4.34. The first-order chi connectivity index (χ1) is 6.45. The Morgan fingerprint density at radius 2 is 2.00 bits per heavy atom. The number of thioether (sulfide) groups is 1. The Kier molecular flexibility index (Phi) is 2.82. The molecule has 0 amide bonds. The topological polar surface area (TPSA) is 12.4 Å². The van der Waals surface area contributed by atoms with Crippen molar-refractivity contribution in [3.05, 3.63) is 42.0 Å². The molecular formula is C11H11NS. The standard InChI is InChI=1S/C11H11NS/c1-2-4-10(5-3-1)6-7-11-12-8-9-13-11/h1-7H,8-9H2. The number of aliphatic imine (C=N–C) groups is 1. The fourth-order valence-corrected chi connectivity index (χ4v) is 1.92. The highest BCUT2D eigenvalue weighted by Gasteiger charge is 2.01. The lowest BCUT2D eigenvalue weighted by molar-refractivity contribution is 1.18. The van der Waals surface area contributed by atoms with Crippen LogP contribution in [0.15, 0.2) is 41.4 Å². The average molecular weight is 189 g/mol. The second-order valence-corrected chi connectivity index (χ2v) is 3.93. The van der Waals surface area contributed by atoms with E-state index in [0.29, 0.717) is 0 Å². The van der Waals surface area contributed by atoms with Gasteiger partial charge < -0.3 is 0 Å². The van der Waals surface area contributed by atoms with Crippen LogP contribution in [0.25, 0.3) is 6.08 Å². The smallest absolute Gasteiger partial charge is 0.0905 e. The van der Waals surface area contributed by atoms with Crippen LogP contribution < -0.4 is 0 Å². The quantitative estimate of drug-likeness (QED) is 0.697. The second kappa shape index (κ2) is 4.28. The van der Waals surface area contributed by atoms with Crippen LogP contribution in [-0.2, 0) is 0 Å². The van der Waals surface area contributed by atoms with Gasteiger partial charge in [-0.25, -0.2) is 0 Å². The third-order valence-electron chi connectivity index (χ3n) is 1.83. The van der Waals surface area contributed by atoms with Gasteiger partial charge in [0.25, 0.3) is 0 Å². The van der Waals surface area contributed by atoms with E-state index in [0.717, 1.165) is 17.3 Å². The number of nitrogens with zero attached hydrogens (tertiary/aromatic N) is 1. The van der Waals surface area contributed by atoms with Crippen LogP contribution in [0.5, 0.6) is 0 Å². The SMILES string of the molecule is C(=Cc1ccccc1)C1=NCCS1. The van der Waals surface area contributed by atoms with E-state index in [2.05, 4.69) is 29.3 Å². The van der Waals surface area contributed by atoms with Crippen molar-refractivity contribution >= 4 is 22.9 Å². The molecule has 66 valence electrons. The summed E-state index contributed by atoms with van der Waals surface area (Å²) in [5.41, 5.74) is 1.23. The van der Waals surface area contributed by atoms with Gasteiger partial charge in [-0.15, -0.1) is 11.8 Å². The summed E-state index contributed by atoms with van der Waals surface area (Å²) in [5, 5.41) is 1.16. The van der Waals surface area contributed by atoms with Gasteiger partial charge in [0.1, 0.15) is 0 Å². The Balaban J connectivity index is 2.05. The molecule has 13 heavy (non-hydrogen) atoms. The highest BCUT2D eigenvalue weighted by molar-refractivity contribution is 8.14. The Labute approximate surface area is 82.6 Å². The molecule has 1 heterocycles. The summed E-state index contributed by atoms with van der Waals surface area (Å²) in [6.45, 7) is 0.971. The number of rotatable bonds is 2. The molecule has 1 aromatic carbocycles. The normalized spacial score (nSPS) is 16.5. The highest BCUT2D eigenvalue weighted by Crippen LogP contribution is 2.13. The molecule has 0 spiro atoms. The molecule has 0 saturated carbocycles. The first kappa shape index (κ1) is 8.57. The Hall–Kier alpha value is -1.02. The van der Waals surface area contributed by atoms with Gasteiger partial charge in [-0.1, -0.05) is 36.4 Å². The highest BCUT2D eigenvalue weighted by atomic mass is 32.2. The first-order valence-electron chi connectivity index (χ1n) is 4.35. The predicted octanol–water partition coefficient (Wildman–Crippen LogP) is 2.85. The van der Waals surface area contributed by atoms with Crippen LogP contribution in [-0.4, -0.2) is 17.3 Å². The third kappa shape index (κ3) is 2.46. The lowest BCUT2D eigenvalue weighted by Gasteiger charge is -1.91. The molecule has 2 rings (SSSR count). The minimum atomic E-state index is 0.971. The molecule has 1 aliphatic heterocycles. The van der Waals surface area contributed by atoms with Crippen molar-refractivity contribution < 1.29 is 0 Å². The van der Waals surface area contributed by atoms with Gasteiger partial charge in [0.15, 0.2) is 0 Å².